The van der Waals surface area contributed by atoms with Crippen LogP contribution < -0.4 is 9.47 Å². The van der Waals surface area contributed by atoms with Gasteiger partial charge < -0.3 is 9.47 Å². The Morgan fingerprint density at radius 3 is 2.50 bits per heavy atom. The Morgan fingerprint density at radius 2 is 1.78 bits per heavy atom. The number of carbonyl (C=O) groups is 2. The van der Waals surface area contributed by atoms with Crippen molar-refractivity contribution in [1.29, 1.82) is 0 Å². The van der Waals surface area contributed by atoms with Crippen molar-refractivity contribution in [2.45, 2.75) is 20.1 Å². The molecular weight excluding hydrogens is 548 g/mol. The number of nitro benzene ring substituents is 1. The molecule has 2 amide bonds. The molecule has 3 aromatic rings. The van der Waals surface area contributed by atoms with Gasteiger partial charge in [-0.25, -0.2) is 0 Å². The second kappa shape index (κ2) is 11.4. The molecule has 1 aliphatic rings. The molecule has 184 valence electrons. The molecule has 4 rings (SSSR count). The standard InChI is InChI=1S/C26H21BrN2O6S/c1-2-34-22-13-19(12-21(27)24(22)35-16-17-7-4-3-5-8-17)14-23-25(30)28(26(31)36-23)15-18-9-6-10-20(11-18)29(32)33/h3-14H,2,15-16H2,1H3/b23-14+. The number of nitrogens with zero attached hydrogens (tertiary/aromatic N) is 2. The summed E-state index contributed by atoms with van der Waals surface area (Å²) in [5.74, 6) is 0.580. The van der Waals surface area contributed by atoms with Gasteiger partial charge in [-0.05, 0) is 69.5 Å². The van der Waals surface area contributed by atoms with E-state index in [1.807, 2.05) is 37.3 Å². The summed E-state index contributed by atoms with van der Waals surface area (Å²) in [7, 11) is 0. The number of halogens is 1. The molecule has 0 bridgehead atoms. The van der Waals surface area contributed by atoms with E-state index in [-0.39, 0.29) is 17.1 Å². The first-order chi connectivity index (χ1) is 17.4. The van der Waals surface area contributed by atoms with Crippen LogP contribution in [0.25, 0.3) is 6.08 Å². The lowest BCUT2D eigenvalue weighted by molar-refractivity contribution is -0.384. The minimum absolute atomic E-state index is 0.0517. The Balaban J connectivity index is 1.55. The van der Waals surface area contributed by atoms with E-state index in [0.717, 1.165) is 22.2 Å². The molecule has 0 radical (unpaired) electrons. The summed E-state index contributed by atoms with van der Waals surface area (Å²) >= 11 is 4.35. The summed E-state index contributed by atoms with van der Waals surface area (Å²) in [5, 5.41) is 10.6. The van der Waals surface area contributed by atoms with E-state index in [0.29, 0.717) is 40.3 Å². The van der Waals surface area contributed by atoms with Gasteiger partial charge in [0.15, 0.2) is 11.5 Å². The first-order valence-corrected chi connectivity index (χ1v) is 12.6. The maximum absolute atomic E-state index is 13.0. The number of thioether (sulfide) groups is 1. The first-order valence-electron chi connectivity index (χ1n) is 11.0. The van der Waals surface area contributed by atoms with Crippen molar-refractivity contribution in [2.75, 3.05) is 6.61 Å². The number of hydrogen-bond acceptors (Lipinski definition) is 7. The molecule has 1 fully saturated rings. The summed E-state index contributed by atoms with van der Waals surface area (Å²) in [4.78, 5) is 37.4. The number of ether oxygens (including phenoxy) is 2. The van der Waals surface area contributed by atoms with Crippen LogP contribution in [0.2, 0.25) is 0 Å². The topological polar surface area (TPSA) is 99.0 Å². The molecule has 8 nitrogen and oxygen atoms in total. The maximum Gasteiger partial charge on any atom is 0.293 e. The molecule has 0 atom stereocenters. The van der Waals surface area contributed by atoms with E-state index in [4.69, 9.17) is 9.47 Å². The molecule has 0 aromatic heterocycles. The van der Waals surface area contributed by atoms with Gasteiger partial charge in [-0.1, -0.05) is 42.5 Å². The molecule has 3 aromatic carbocycles. The summed E-state index contributed by atoms with van der Waals surface area (Å²) in [6, 6.07) is 19.2. The summed E-state index contributed by atoms with van der Waals surface area (Å²) in [5.41, 5.74) is 2.05. The number of hydrogen-bond donors (Lipinski definition) is 0. The van der Waals surface area contributed by atoms with E-state index < -0.39 is 16.1 Å². The number of benzene rings is 3. The molecule has 0 saturated carbocycles. The molecule has 0 spiro atoms. The van der Waals surface area contributed by atoms with Crippen LogP contribution in [0.15, 0.2) is 76.1 Å². The third-order valence-electron chi connectivity index (χ3n) is 5.19. The van der Waals surface area contributed by atoms with Crippen molar-refractivity contribution in [1.82, 2.24) is 4.90 Å². The number of imide groups is 1. The quantitative estimate of drug-likeness (QED) is 0.163. The molecular formula is C26H21BrN2O6S. The van der Waals surface area contributed by atoms with Crippen LogP contribution in [0.3, 0.4) is 0 Å². The van der Waals surface area contributed by atoms with Crippen LogP contribution in [-0.4, -0.2) is 27.6 Å². The summed E-state index contributed by atoms with van der Waals surface area (Å²) in [6.45, 7) is 2.58. The Bertz CT molecular complexity index is 1350. The van der Waals surface area contributed by atoms with Crippen molar-refractivity contribution >= 4 is 50.6 Å². The lowest BCUT2D eigenvalue weighted by Gasteiger charge is -2.15. The van der Waals surface area contributed by atoms with Crippen LogP contribution in [0.1, 0.15) is 23.6 Å². The van der Waals surface area contributed by atoms with Crippen molar-refractivity contribution in [3.8, 4) is 11.5 Å². The van der Waals surface area contributed by atoms with Gasteiger partial charge in [0.25, 0.3) is 16.8 Å². The van der Waals surface area contributed by atoms with Gasteiger partial charge >= 0.3 is 0 Å². The molecule has 1 heterocycles. The zero-order valence-corrected chi connectivity index (χ0v) is 21.6. The fraction of sp³-hybridized carbons (Fsp3) is 0.154. The Morgan fingerprint density at radius 1 is 1.03 bits per heavy atom. The molecule has 10 heteroatoms. The highest BCUT2D eigenvalue weighted by atomic mass is 79.9. The number of non-ortho nitro benzene ring substituents is 1. The number of rotatable bonds is 9. The predicted molar refractivity (Wildman–Crippen MR) is 141 cm³/mol. The van der Waals surface area contributed by atoms with E-state index in [1.165, 1.54) is 18.2 Å². The van der Waals surface area contributed by atoms with Crippen LogP contribution in [0.4, 0.5) is 10.5 Å². The Kier molecular flexibility index (Phi) is 8.07. The monoisotopic (exact) mass is 568 g/mol. The molecule has 0 unspecified atom stereocenters. The van der Waals surface area contributed by atoms with Gasteiger partial charge in [-0.3, -0.25) is 24.6 Å². The normalized spacial score (nSPS) is 14.4. The fourth-order valence-electron chi connectivity index (χ4n) is 3.54. The van der Waals surface area contributed by atoms with E-state index in [9.17, 15) is 19.7 Å². The molecule has 0 N–H and O–H groups in total. The Labute approximate surface area is 220 Å². The summed E-state index contributed by atoms with van der Waals surface area (Å²) < 4.78 is 12.4. The van der Waals surface area contributed by atoms with E-state index in [2.05, 4.69) is 15.9 Å². The molecule has 1 aliphatic heterocycles. The molecule has 0 aliphatic carbocycles. The highest BCUT2D eigenvalue weighted by Crippen LogP contribution is 2.40. The number of nitro groups is 1. The van der Waals surface area contributed by atoms with Crippen molar-refractivity contribution in [3.05, 3.63) is 103 Å². The molecule has 36 heavy (non-hydrogen) atoms. The van der Waals surface area contributed by atoms with Crippen molar-refractivity contribution in [2.24, 2.45) is 0 Å². The predicted octanol–water partition coefficient (Wildman–Crippen LogP) is 6.57. The number of carbonyl (C=O) groups excluding carboxylic acids is 2. The minimum Gasteiger partial charge on any atom is -0.490 e. The van der Waals surface area contributed by atoms with Crippen LogP contribution >= 0.6 is 27.7 Å². The third kappa shape index (κ3) is 5.95. The average molecular weight is 569 g/mol. The van der Waals surface area contributed by atoms with Gasteiger partial charge in [0.1, 0.15) is 6.61 Å². The fourth-order valence-corrected chi connectivity index (χ4v) is 4.96. The van der Waals surface area contributed by atoms with Crippen LogP contribution in [0, 0.1) is 10.1 Å². The van der Waals surface area contributed by atoms with Gasteiger partial charge in [0, 0.05) is 12.1 Å². The lowest BCUT2D eigenvalue weighted by atomic mass is 10.1. The number of amides is 2. The first kappa shape index (κ1) is 25.5. The summed E-state index contributed by atoms with van der Waals surface area (Å²) in [6.07, 6.45) is 1.62. The zero-order valence-electron chi connectivity index (χ0n) is 19.2. The minimum atomic E-state index is -0.516. The van der Waals surface area contributed by atoms with Gasteiger partial charge in [-0.2, -0.15) is 0 Å². The zero-order chi connectivity index (χ0) is 25.7. The maximum atomic E-state index is 13.0. The Hall–Kier alpha value is -3.63. The smallest absolute Gasteiger partial charge is 0.293 e. The highest BCUT2D eigenvalue weighted by Gasteiger charge is 2.35. The van der Waals surface area contributed by atoms with E-state index >= 15 is 0 Å². The SMILES string of the molecule is CCOc1cc(/C=C2/SC(=O)N(Cc3cccc([N+](=O)[O-])c3)C2=O)cc(Br)c1OCc1ccccc1. The van der Waals surface area contributed by atoms with Crippen LogP contribution in [-0.2, 0) is 17.9 Å². The van der Waals surface area contributed by atoms with E-state index in [1.54, 1.807) is 24.3 Å². The largest absolute Gasteiger partial charge is 0.490 e. The van der Waals surface area contributed by atoms with Gasteiger partial charge in [0.2, 0.25) is 0 Å². The van der Waals surface area contributed by atoms with Gasteiger partial charge in [0.05, 0.1) is 27.5 Å². The highest BCUT2D eigenvalue weighted by molar-refractivity contribution is 9.10. The second-order valence-electron chi connectivity index (χ2n) is 7.73. The molecule has 1 saturated heterocycles. The average Bonchev–Trinajstić information content (AvgIpc) is 3.12. The third-order valence-corrected chi connectivity index (χ3v) is 6.69. The van der Waals surface area contributed by atoms with Crippen molar-refractivity contribution in [3.63, 3.8) is 0 Å². The lowest BCUT2D eigenvalue weighted by Crippen LogP contribution is -2.27. The van der Waals surface area contributed by atoms with Gasteiger partial charge in [-0.15, -0.1) is 0 Å². The van der Waals surface area contributed by atoms with Crippen molar-refractivity contribution < 1.29 is 24.0 Å². The van der Waals surface area contributed by atoms with Crippen LogP contribution in [0.5, 0.6) is 11.5 Å². The second-order valence-corrected chi connectivity index (χ2v) is 9.58.